The fourth-order valence-corrected chi connectivity index (χ4v) is 2.73. The van der Waals surface area contributed by atoms with Crippen LogP contribution in [0.3, 0.4) is 0 Å². The Labute approximate surface area is 113 Å². The zero-order valence-corrected chi connectivity index (χ0v) is 12.5. The number of hydrogen-bond donors (Lipinski definition) is 1. The van der Waals surface area contributed by atoms with E-state index in [0.717, 1.165) is 37.1 Å². The molecule has 5 heteroatoms. The monoisotopic (exact) mass is 269 g/mol. The summed E-state index contributed by atoms with van der Waals surface area (Å²) < 4.78 is 5.55. The van der Waals surface area contributed by atoms with Crippen molar-refractivity contribution in [1.29, 1.82) is 0 Å². The molecule has 1 N–H and O–H groups in total. The van der Waals surface area contributed by atoms with E-state index < -0.39 is 0 Å². The average molecular weight is 269 g/mol. The summed E-state index contributed by atoms with van der Waals surface area (Å²) in [5.41, 5.74) is 1.26. The first-order chi connectivity index (χ1) is 8.44. The van der Waals surface area contributed by atoms with Gasteiger partial charge in [0.1, 0.15) is 0 Å². The molecule has 1 aliphatic heterocycles. The molecule has 102 valence electrons. The number of nitrogens with zero attached hydrogens (tertiary/aromatic N) is 2. The number of morpholine rings is 1. The predicted octanol–water partition coefficient (Wildman–Crippen LogP) is 2.26. The maximum Gasteiger partial charge on any atom is 0.185 e. The lowest BCUT2D eigenvalue weighted by Crippen LogP contribution is -2.41. The zero-order chi connectivity index (χ0) is 13.2. The fraction of sp³-hybridized carbons (Fsp3) is 0.769. The molecule has 2 heterocycles. The highest BCUT2D eigenvalue weighted by Crippen LogP contribution is 2.22. The van der Waals surface area contributed by atoms with E-state index >= 15 is 0 Å². The minimum absolute atomic E-state index is 0.136. The number of hydrogen-bond acceptors (Lipinski definition) is 5. The van der Waals surface area contributed by atoms with E-state index in [4.69, 9.17) is 9.72 Å². The van der Waals surface area contributed by atoms with Gasteiger partial charge < -0.3 is 15.0 Å². The number of anilines is 1. The molecule has 1 unspecified atom stereocenters. The van der Waals surface area contributed by atoms with Crippen molar-refractivity contribution in [2.75, 3.05) is 24.6 Å². The zero-order valence-electron chi connectivity index (χ0n) is 11.7. The summed E-state index contributed by atoms with van der Waals surface area (Å²) in [7, 11) is 0. The topological polar surface area (TPSA) is 37.4 Å². The van der Waals surface area contributed by atoms with E-state index in [0.29, 0.717) is 6.10 Å². The van der Waals surface area contributed by atoms with Gasteiger partial charge in [-0.3, -0.25) is 0 Å². The standard InChI is InChI=1S/C13H23N3OS/c1-10-8-16(5-6-17-10)12-15-11(9-18-12)7-14-13(2,3)4/h9-10,14H,5-8H2,1-4H3. The predicted molar refractivity (Wildman–Crippen MR) is 76.3 cm³/mol. The Kier molecular flexibility index (Phi) is 4.25. The van der Waals surface area contributed by atoms with Crippen LogP contribution in [0.2, 0.25) is 0 Å². The van der Waals surface area contributed by atoms with E-state index in [-0.39, 0.29) is 5.54 Å². The second kappa shape index (κ2) is 5.55. The third kappa shape index (κ3) is 3.93. The molecule has 0 radical (unpaired) electrons. The molecule has 4 nitrogen and oxygen atoms in total. The van der Waals surface area contributed by atoms with Crippen LogP contribution in [-0.4, -0.2) is 36.3 Å². The maximum absolute atomic E-state index is 5.55. The van der Waals surface area contributed by atoms with Crippen molar-refractivity contribution in [2.45, 2.75) is 45.9 Å². The van der Waals surface area contributed by atoms with Crippen molar-refractivity contribution in [1.82, 2.24) is 10.3 Å². The van der Waals surface area contributed by atoms with Gasteiger partial charge in [0.2, 0.25) is 0 Å². The molecule has 0 spiro atoms. The first-order valence-electron chi connectivity index (χ1n) is 6.50. The van der Waals surface area contributed by atoms with Gasteiger partial charge in [-0.25, -0.2) is 4.98 Å². The van der Waals surface area contributed by atoms with Crippen LogP contribution in [-0.2, 0) is 11.3 Å². The summed E-state index contributed by atoms with van der Waals surface area (Å²) in [6.45, 7) is 12.2. The summed E-state index contributed by atoms with van der Waals surface area (Å²) in [6, 6.07) is 0. The van der Waals surface area contributed by atoms with Gasteiger partial charge in [0, 0.05) is 30.6 Å². The molecule has 1 aromatic heterocycles. The summed E-state index contributed by atoms with van der Waals surface area (Å²) in [5, 5.41) is 6.73. The van der Waals surface area contributed by atoms with Crippen molar-refractivity contribution < 1.29 is 4.74 Å². The van der Waals surface area contributed by atoms with Crippen molar-refractivity contribution in [3.8, 4) is 0 Å². The molecule has 18 heavy (non-hydrogen) atoms. The average Bonchev–Trinajstić information content (AvgIpc) is 2.74. The van der Waals surface area contributed by atoms with Crippen molar-refractivity contribution in [2.24, 2.45) is 0 Å². The van der Waals surface area contributed by atoms with E-state index in [2.05, 4.69) is 43.3 Å². The van der Waals surface area contributed by atoms with Gasteiger partial charge in [-0.2, -0.15) is 0 Å². The summed E-state index contributed by atoms with van der Waals surface area (Å²) >= 11 is 1.73. The van der Waals surface area contributed by atoms with E-state index in [9.17, 15) is 0 Å². The van der Waals surface area contributed by atoms with Gasteiger partial charge >= 0.3 is 0 Å². The van der Waals surface area contributed by atoms with Gasteiger partial charge in [0.25, 0.3) is 0 Å². The van der Waals surface area contributed by atoms with Crippen molar-refractivity contribution >= 4 is 16.5 Å². The molecule has 2 rings (SSSR count). The second-order valence-electron chi connectivity index (χ2n) is 5.85. The smallest absolute Gasteiger partial charge is 0.185 e. The number of ether oxygens (including phenoxy) is 1. The normalized spacial score (nSPS) is 21.3. The Morgan fingerprint density at radius 3 is 3.00 bits per heavy atom. The van der Waals surface area contributed by atoms with E-state index in [1.807, 2.05) is 0 Å². The van der Waals surface area contributed by atoms with Gasteiger partial charge in [-0.05, 0) is 27.7 Å². The molecule has 0 aromatic carbocycles. The minimum atomic E-state index is 0.136. The number of rotatable bonds is 3. The summed E-state index contributed by atoms with van der Waals surface area (Å²) in [6.07, 6.45) is 0.304. The lowest BCUT2D eigenvalue weighted by Gasteiger charge is -2.30. The molecule has 0 saturated carbocycles. The Morgan fingerprint density at radius 1 is 1.56 bits per heavy atom. The Hall–Kier alpha value is -0.650. The fourth-order valence-electron chi connectivity index (χ4n) is 1.87. The molecule has 1 aromatic rings. The first-order valence-corrected chi connectivity index (χ1v) is 7.38. The van der Waals surface area contributed by atoms with Crippen molar-refractivity contribution in [3.63, 3.8) is 0 Å². The van der Waals surface area contributed by atoms with Crippen molar-refractivity contribution in [3.05, 3.63) is 11.1 Å². The van der Waals surface area contributed by atoms with Crippen LogP contribution in [0.5, 0.6) is 0 Å². The lowest BCUT2D eigenvalue weighted by atomic mass is 10.1. The number of nitrogens with one attached hydrogen (secondary N) is 1. The van der Waals surface area contributed by atoms with Crippen LogP contribution in [0, 0.1) is 0 Å². The molecule has 0 amide bonds. The van der Waals surface area contributed by atoms with Crippen LogP contribution in [0.25, 0.3) is 0 Å². The SMILES string of the molecule is CC1CN(c2nc(CNC(C)(C)C)cs2)CCO1. The van der Waals surface area contributed by atoms with Gasteiger partial charge in [0.05, 0.1) is 18.4 Å². The first kappa shape index (κ1) is 13.8. The molecule has 1 aliphatic rings. The Bertz CT molecular complexity index is 386. The molecule has 0 bridgehead atoms. The lowest BCUT2D eigenvalue weighted by molar-refractivity contribution is 0.0532. The second-order valence-corrected chi connectivity index (χ2v) is 6.69. The molecule has 0 aliphatic carbocycles. The van der Waals surface area contributed by atoms with Gasteiger partial charge in [-0.15, -0.1) is 11.3 Å². The molecule has 1 fully saturated rings. The highest BCUT2D eigenvalue weighted by Gasteiger charge is 2.19. The van der Waals surface area contributed by atoms with E-state index in [1.54, 1.807) is 11.3 Å². The van der Waals surface area contributed by atoms with Gasteiger partial charge in [-0.1, -0.05) is 0 Å². The summed E-state index contributed by atoms with van der Waals surface area (Å²) in [5.74, 6) is 0. The molecular formula is C13H23N3OS. The number of aromatic nitrogens is 1. The number of thiazole rings is 1. The van der Waals surface area contributed by atoms with Crippen LogP contribution in [0.15, 0.2) is 5.38 Å². The van der Waals surface area contributed by atoms with E-state index in [1.165, 1.54) is 0 Å². The maximum atomic E-state index is 5.55. The minimum Gasteiger partial charge on any atom is -0.375 e. The highest BCUT2D eigenvalue weighted by atomic mass is 32.1. The third-order valence-electron chi connectivity index (χ3n) is 2.85. The van der Waals surface area contributed by atoms with Gasteiger partial charge in [0.15, 0.2) is 5.13 Å². The Balaban J connectivity index is 1.93. The Morgan fingerprint density at radius 2 is 2.33 bits per heavy atom. The van der Waals surface area contributed by atoms with Crippen LogP contribution >= 0.6 is 11.3 Å². The summed E-state index contributed by atoms with van der Waals surface area (Å²) in [4.78, 5) is 7.02. The highest BCUT2D eigenvalue weighted by molar-refractivity contribution is 7.13. The van der Waals surface area contributed by atoms with Crippen LogP contribution in [0.1, 0.15) is 33.4 Å². The molecular weight excluding hydrogens is 246 g/mol. The molecule has 1 atom stereocenters. The van der Waals surface area contributed by atoms with Crippen LogP contribution < -0.4 is 10.2 Å². The quantitative estimate of drug-likeness (QED) is 0.913. The molecule has 1 saturated heterocycles. The van der Waals surface area contributed by atoms with Crippen LogP contribution in [0.4, 0.5) is 5.13 Å². The third-order valence-corrected chi connectivity index (χ3v) is 3.80. The largest absolute Gasteiger partial charge is 0.375 e.